The number of fused-ring (bicyclic) bond motifs is 6. The second-order valence-corrected chi connectivity index (χ2v) is 11.4. The summed E-state index contributed by atoms with van der Waals surface area (Å²) in [5.74, 6) is 3.30. The summed E-state index contributed by atoms with van der Waals surface area (Å²) in [6, 6.07) is 44.8. The number of aromatic nitrogens is 3. The number of terminal acetylenes is 1. The van der Waals surface area contributed by atoms with Crippen molar-refractivity contribution in [2.24, 2.45) is 0 Å². The van der Waals surface area contributed by atoms with E-state index in [9.17, 15) is 0 Å². The number of rotatable bonds is 5. The van der Waals surface area contributed by atoms with Crippen molar-refractivity contribution in [3.63, 3.8) is 0 Å². The molecule has 216 valence electrons. The maximum absolute atomic E-state index is 5.64. The van der Waals surface area contributed by atoms with E-state index in [-0.39, 0.29) is 0 Å². The van der Waals surface area contributed by atoms with Gasteiger partial charge >= 0.3 is 0 Å². The SMILES string of the molecule is C#C/C=C\C(=C/C)c1cc(-c2nc(-c3ccccc3)c3c(n2)[nH]c2ccccc23)cc(-c2cc3ccccc3c3ccccc23)c1. The number of H-pyrrole nitrogens is 1. The number of hydrogen-bond donors (Lipinski definition) is 1. The number of hydrogen-bond acceptors (Lipinski definition) is 2. The van der Waals surface area contributed by atoms with Gasteiger partial charge in [-0.3, -0.25) is 0 Å². The Hall–Kier alpha value is -6.24. The molecule has 1 N–H and O–H groups in total. The first kappa shape index (κ1) is 27.3. The standard InChI is InChI=1S/C43H29N3/c1-3-5-15-28(4-2)31-24-32(38-27-30-18-9-10-19-34(30)35-20-11-12-21-36(35)38)26-33(25-31)42-45-41(29-16-7-6-8-17-29)40-37-22-13-14-23-39(37)44-43(40)46-42/h1,4-27H,2H3,(H,44,45,46)/b15-5-,28-4+. The summed E-state index contributed by atoms with van der Waals surface area (Å²) in [7, 11) is 0. The largest absolute Gasteiger partial charge is 0.339 e. The Bertz CT molecular complexity index is 2540. The molecule has 0 bridgehead atoms. The Balaban J connectivity index is 1.44. The molecular weight excluding hydrogens is 558 g/mol. The second kappa shape index (κ2) is 11.4. The van der Waals surface area contributed by atoms with Gasteiger partial charge in [0.15, 0.2) is 5.82 Å². The summed E-state index contributed by atoms with van der Waals surface area (Å²) in [5, 5.41) is 6.99. The van der Waals surface area contributed by atoms with Crippen LogP contribution in [0.4, 0.5) is 0 Å². The minimum atomic E-state index is 0.655. The molecule has 0 amide bonds. The van der Waals surface area contributed by atoms with Crippen LogP contribution in [0.3, 0.4) is 0 Å². The lowest BCUT2D eigenvalue weighted by molar-refractivity contribution is 1.21. The van der Waals surface area contributed by atoms with Gasteiger partial charge in [-0.2, -0.15) is 0 Å². The van der Waals surface area contributed by atoms with Crippen LogP contribution < -0.4 is 0 Å². The Morgan fingerprint density at radius 1 is 0.674 bits per heavy atom. The highest BCUT2D eigenvalue weighted by atomic mass is 15.0. The maximum Gasteiger partial charge on any atom is 0.162 e. The van der Waals surface area contributed by atoms with Gasteiger partial charge in [-0.05, 0) is 93.2 Å². The molecule has 2 aromatic heterocycles. The molecule has 0 spiro atoms. The molecule has 0 unspecified atom stereocenters. The van der Waals surface area contributed by atoms with E-state index in [1.54, 1.807) is 6.08 Å². The molecule has 0 aliphatic heterocycles. The molecule has 0 atom stereocenters. The van der Waals surface area contributed by atoms with Crippen LogP contribution in [-0.4, -0.2) is 15.0 Å². The molecule has 0 radical (unpaired) electrons. The summed E-state index contributed by atoms with van der Waals surface area (Å²) < 4.78 is 0. The highest BCUT2D eigenvalue weighted by molar-refractivity contribution is 6.14. The number of aromatic amines is 1. The molecule has 0 saturated heterocycles. The topological polar surface area (TPSA) is 41.6 Å². The summed E-state index contributed by atoms with van der Waals surface area (Å²) in [5.41, 5.74) is 9.04. The zero-order valence-corrected chi connectivity index (χ0v) is 25.3. The van der Waals surface area contributed by atoms with Crippen LogP contribution >= 0.6 is 0 Å². The fourth-order valence-corrected chi connectivity index (χ4v) is 6.55. The van der Waals surface area contributed by atoms with E-state index in [0.717, 1.165) is 61.0 Å². The molecule has 3 nitrogen and oxygen atoms in total. The number of benzene rings is 6. The average molecular weight is 588 g/mol. The summed E-state index contributed by atoms with van der Waals surface area (Å²) in [6.45, 7) is 2.04. The van der Waals surface area contributed by atoms with E-state index in [1.807, 2.05) is 25.1 Å². The Kier molecular flexibility index (Phi) is 6.74. The highest BCUT2D eigenvalue weighted by Crippen LogP contribution is 2.39. The maximum atomic E-state index is 5.64. The Morgan fingerprint density at radius 3 is 2.17 bits per heavy atom. The lowest BCUT2D eigenvalue weighted by atomic mass is 9.90. The lowest BCUT2D eigenvalue weighted by Crippen LogP contribution is -1.96. The average Bonchev–Trinajstić information content (AvgIpc) is 3.50. The number of nitrogens with one attached hydrogen (secondary N) is 1. The zero-order chi connectivity index (χ0) is 31.0. The summed E-state index contributed by atoms with van der Waals surface area (Å²) in [6.07, 6.45) is 11.5. The smallest absolute Gasteiger partial charge is 0.162 e. The van der Waals surface area contributed by atoms with Crippen LogP contribution in [0.25, 0.3) is 82.8 Å². The van der Waals surface area contributed by atoms with E-state index >= 15 is 0 Å². The molecule has 2 heterocycles. The van der Waals surface area contributed by atoms with Crippen LogP contribution in [0.5, 0.6) is 0 Å². The van der Waals surface area contributed by atoms with Crippen molar-refractivity contribution < 1.29 is 0 Å². The van der Waals surface area contributed by atoms with E-state index in [1.165, 1.54) is 21.5 Å². The lowest BCUT2D eigenvalue weighted by Gasteiger charge is -2.15. The normalized spacial score (nSPS) is 12.0. The van der Waals surface area contributed by atoms with Gasteiger partial charge in [0.1, 0.15) is 5.65 Å². The number of nitrogens with zero attached hydrogens (tertiary/aromatic N) is 2. The van der Waals surface area contributed by atoms with Gasteiger partial charge in [0, 0.05) is 22.0 Å². The van der Waals surface area contributed by atoms with Crippen LogP contribution in [-0.2, 0) is 0 Å². The van der Waals surface area contributed by atoms with E-state index in [0.29, 0.717) is 5.82 Å². The van der Waals surface area contributed by atoms with Crippen LogP contribution in [0, 0.1) is 12.3 Å². The Labute approximate surface area is 267 Å². The monoisotopic (exact) mass is 587 g/mol. The van der Waals surface area contributed by atoms with Crippen LogP contribution in [0.2, 0.25) is 0 Å². The predicted molar refractivity (Wildman–Crippen MR) is 194 cm³/mol. The predicted octanol–water partition coefficient (Wildman–Crippen LogP) is 11.0. The van der Waals surface area contributed by atoms with Crippen molar-refractivity contribution in [1.29, 1.82) is 0 Å². The first-order valence-electron chi connectivity index (χ1n) is 15.4. The van der Waals surface area contributed by atoms with Gasteiger partial charge in [0.05, 0.1) is 11.1 Å². The molecule has 0 saturated carbocycles. The summed E-state index contributed by atoms with van der Waals surface area (Å²) >= 11 is 0. The van der Waals surface area contributed by atoms with Gasteiger partial charge in [-0.25, -0.2) is 9.97 Å². The van der Waals surface area contributed by atoms with Crippen molar-refractivity contribution in [3.8, 4) is 46.1 Å². The molecule has 3 heteroatoms. The van der Waals surface area contributed by atoms with E-state index < -0.39 is 0 Å². The van der Waals surface area contributed by atoms with Crippen molar-refractivity contribution in [2.75, 3.05) is 0 Å². The third-order valence-corrected chi connectivity index (χ3v) is 8.68. The molecule has 8 rings (SSSR count). The molecule has 6 aromatic carbocycles. The zero-order valence-electron chi connectivity index (χ0n) is 25.3. The molecule has 0 aliphatic rings. The third-order valence-electron chi connectivity index (χ3n) is 8.68. The molecule has 46 heavy (non-hydrogen) atoms. The molecule has 8 aromatic rings. The van der Waals surface area contributed by atoms with Crippen LogP contribution in [0.15, 0.2) is 146 Å². The first-order valence-corrected chi connectivity index (χ1v) is 15.4. The van der Waals surface area contributed by atoms with Crippen LogP contribution in [0.1, 0.15) is 12.5 Å². The van der Waals surface area contributed by atoms with Gasteiger partial charge in [0.25, 0.3) is 0 Å². The molecule has 0 aliphatic carbocycles. The van der Waals surface area contributed by atoms with Crippen molar-refractivity contribution in [2.45, 2.75) is 6.92 Å². The van der Waals surface area contributed by atoms with Crippen molar-refractivity contribution in [3.05, 3.63) is 151 Å². The minimum absolute atomic E-state index is 0.655. The fourth-order valence-electron chi connectivity index (χ4n) is 6.55. The van der Waals surface area contributed by atoms with E-state index in [4.69, 9.17) is 16.4 Å². The van der Waals surface area contributed by atoms with Gasteiger partial charge in [-0.1, -0.05) is 109 Å². The molecule has 0 fully saturated rings. The first-order chi connectivity index (χ1) is 22.7. The number of allylic oxidation sites excluding steroid dienone is 4. The van der Waals surface area contributed by atoms with Gasteiger partial charge in [-0.15, -0.1) is 6.42 Å². The minimum Gasteiger partial charge on any atom is -0.339 e. The van der Waals surface area contributed by atoms with E-state index in [2.05, 4.69) is 132 Å². The summed E-state index contributed by atoms with van der Waals surface area (Å²) in [4.78, 5) is 14.0. The van der Waals surface area contributed by atoms with Gasteiger partial charge < -0.3 is 4.98 Å². The molecular formula is C43H29N3. The fraction of sp³-hybridized carbons (Fsp3) is 0.0233. The third kappa shape index (κ3) is 4.65. The highest BCUT2D eigenvalue weighted by Gasteiger charge is 2.18. The van der Waals surface area contributed by atoms with Crippen molar-refractivity contribution >= 4 is 49.1 Å². The quantitative estimate of drug-likeness (QED) is 0.124. The Morgan fingerprint density at radius 2 is 1.37 bits per heavy atom. The van der Waals surface area contributed by atoms with Gasteiger partial charge in [0.2, 0.25) is 0 Å². The van der Waals surface area contributed by atoms with Crippen molar-refractivity contribution in [1.82, 2.24) is 15.0 Å². The second-order valence-electron chi connectivity index (χ2n) is 11.4. The number of para-hydroxylation sites is 1.